The zero-order valence-electron chi connectivity index (χ0n) is 13.2. The molecule has 2 unspecified atom stereocenters. The molecule has 2 heterocycles. The third-order valence-electron chi connectivity index (χ3n) is 4.26. The summed E-state index contributed by atoms with van der Waals surface area (Å²) in [6.45, 7) is 0. The molecular formula is C18H13Cl2N3O2. The number of carbonyl (C=O) groups excluding carboxylic acids is 1. The maximum Gasteiger partial charge on any atom is 0.256 e. The minimum Gasteiger partial charge on any atom is -0.384 e. The van der Waals surface area contributed by atoms with E-state index in [1.165, 1.54) is 5.01 Å². The van der Waals surface area contributed by atoms with E-state index in [0.29, 0.717) is 27.0 Å². The van der Waals surface area contributed by atoms with Crippen LogP contribution in [-0.4, -0.2) is 35.5 Å². The Bertz CT molecular complexity index is 892. The highest BCUT2D eigenvalue weighted by Crippen LogP contribution is 2.36. The van der Waals surface area contributed by atoms with E-state index < -0.39 is 12.0 Å². The monoisotopic (exact) mass is 373 g/mol. The second-order valence-corrected chi connectivity index (χ2v) is 6.60. The van der Waals surface area contributed by atoms with Crippen LogP contribution < -0.4 is 0 Å². The van der Waals surface area contributed by atoms with Crippen molar-refractivity contribution >= 4 is 40.5 Å². The van der Waals surface area contributed by atoms with Crippen molar-refractivity contribution in [2.24, 2.45) is 16.2 Å². The van der Waals surface area contributed by atoms with Crippen LogP contribution in [0.4, 0.5) is 0 Å². The summed E-state index contributed by atoms with van der Waals surface area (Å²) >= 11 is 12.6. The number of nitrogens with zero attached hydrogens (tertiary/aromatic N) is 3. The number of fused-ring (bicyclic) bond motifs is 1. The van der Waals surface area contributed by atoms with Crippen LogP contribution in [0.3, 0.4) is 0 Å². The predicted octanol–water partition coefficient (Wildman–Crippen LogP) is 3.59. The van der Waals surface area contributed by atoms with E-state index in [1.54, 1.807) is 25.2 Å². The molecule has 0 N–H and O–H groups in total. The molecule has 2 aromatic rings. The standard InChI is InChI=1S/C18H13Cl2N3O2/c1-23-18(24)14-16(13-11(19)8-5-9-12(13)20)22-25-17(14)15(21-23)10-6-3-2-4-7-10/h2-9,14,17H,1H3. The number of hydrogen-bond acceptors (Lipinski definition) is 4. The van der Waals surface area contributed by atoms with Gasteiger partial charge in [-0.1, -0.05) is 64.8 Å². The summed E-state index contributed by atoms with van der Waals surface area (Å²) in [5.41, 5.74) is 2.48. The van der Waals surface area contributed by atoms with Crippen molar-refractivity contribution in [3.63, 3.8) is 0 Å². The molecule has 0 radical (unpaired) electrons. The van der Waals surface area contributed by atoms with Crippen molar-refractivity contribution in [2.45, 2.75) is 6.10 Å². The molecule has 126 valence electrons. The van der Waals surface area contributed by atoms with Gasteiger partial charge >= 0.3 is 0 Å². The summed E-state index contributed by atoms with van der Waals surface area (Å²) in [5.74, 6) is -0.855. The lowest BCUT2D eigenvalue weighted by Gasteiger charge is -2.29. The molecule has 1 amide bonds. The van der Waals surface area contributed by atoms with Gasteiger partial charge in [0.1, 0.15) is 17.3 Å². The van der Waals surface area contributed by atoms with Crippen LogP contribution in [0, 0.1) is 5.92 Å². The van der Waals surface area contributed by atoms with E-state index >= 15 is 0 Å². The number of benzene rings is 2. The summed E-state index contributed by atoms with van der Waals surface area (Å²) in [6.07, 6.45) is -0.603. The van der Waals surface area contributed by atoms with E-state index in [2.05, 4.69) is 10.3 Å². The first-order valence-corrected chi connectivity index (χ1v) is 8.43. The second-order valence-electron chi connectivity index (χ2n) is 5.79. The van der Waals surface area contributed by atoms with E-state index in [1.807, 2.05) is 30.3 Å². The van der Waals surface area contributed by atoms with Gasteiger partial charge in [-0.05, 0) is 12.1 Å². The first kappa shape index (κ1) is 16.1. The Labute approximate surface area is 154 Å². The summed E-state index contributed by atoms with van der Waals surface area (Å²) in [5, 5.41) is 10.7. The number of hydrogen-bond donors (Lipinski definition) is 0. The van der Waals surface area contributed by atoms with Crippen molar-refractivity contribution in [2.75, 3.05) is 7.05 Å². The highest BCUT2D eigenvalue weighted by atomic mass is 35.5. The minimum atomic E-state index is -0.643. The molecule has 5 nitrogen and oxygen atoms in total. The molecule has 0 fully saturated rings. The number of oxime groups is 1. The lowest BCUT2D eigenvalue weighted by molar-refractivity contribution is -0.134. The van der Waals surface area contributed by atoms with Crippen LogP contribution in [0.5, 0.6) is 0 Å². The van der Waals surface area contributed by atoms with Gasteiger partial charge in [-0.2, -0.15) is 5.10 Å². The quantitative estimate of drug-likeness (QED) is 0.807. The Morgan fingerprint density at radius 3 is 2.36 bits per heavy atom. The molecule has 0 spiro atoms. The van der Waals surface area contributed by atoms with Gasteiger partial charge in [-0.3, -0.25) is 4.79 Å². The van der Waals surface area contributed by atoms with Gasteiger partial charge in [-0.25, -0.2) is 5.01 Å². The van der Waals surface area contributed by atoms with E-state index in [9.17, 15) is 4.79 Å². The average Bonchev–Trinajstić information content (AvgIpc) is 3.04. The fourth-order valence-corrected chi connectivity index (χ4v) is 3.66. The minimum absolute atomic E-state index is 0.211. The molecule has 0 saturated heterocycles. The van der Waals surface area contributed by atoms with Crippen LogP contribution in [0.2, 0.25) is 10.0 Å². The maximum atomic E-state index is 12.8. The SMILES string of the molecule is CN1N=C(c2ccccc2)C2ON=C(c3c(Cl)cccc3Cl)C2C1=O. The van der Waals surface area contributed by atoms with Gasteiger partial charge in [0, 0.05) is 18.2 Å². The zero-order chi connectivity index (χ0) is 17.6. The first-order chi connectivity index (χ1) is 12.1. The van der Waals surface area contributed by atoms with Gasteiger partial charge in [-0.15, -0.1) is 0 Å². The molecule has 2 aliphatic rings. The topological polar surface area (TPSA) is 54.3 Å². The van der Waals surface area contributed by atoms with Crippen LogP contribution in [0.1, 0.15) is 11.1 Å². The highest BCUT2D eigenvalue weighted by molar-refractivity contribution is 6.41. The third kappa shape index (κ3) is 2.60. The van der Waals surface area contributed by atoms with Crippen molar-refractivity contribution in [3.05, 3.63) is 69.7 Å². The fourth-order valence-electron chi connectivity index (χ4n) is 3.07. The summed E-state index contributed by atoms with van der Waals surface area (Å²) in [6, 6.07) is 14.7. The summed E-state index contributed by atoms with van der Waals surface area (Å²) in [7, 11) is 1.62. The van der Waals surface area contributed by atoms with Crippen molar-refractivity contribution < 1.29 is 9.63 Å². The first-order valence-electron chi connectivity index (χ1n) is 7.67. The Morgan fingerprint density at radius 1 is 1.00 bits per heavy atom. The number of amides is 1. The van der Waals surface area contributed by atoms with Crippen LogP contribution in [0.15, 0.2) is 58.8 Å². The molecular weight excluding hydrogens is 361 g/mol. The van der Waals surface area contributed by atoms with Crippen molar-refractivity contribution in [1.29, 1.82) is 0 Å². The molecule has 25 heavy (non-hydrogen) atoms. The van der Waals surface area contributed by atoms with E-state index in [0.717, 1.165) is 5.56 Å². The van der Waals surface area contributed by atoms with Gasteiger partial charge in [0.2, 0.25) is 0 Å². The molecule has 2 aliphatic heterocycles. The highest BCUT2D eigenvalue weighted by Gasteiger charge is 2.49. The van der Waals surface area contributed by atoms with E-state index in [-0.39, 0.29) is 5.91 Å². The summed E-state index contributed by atoms with van der Waals surface area (Å²) < 4.78 is 0. The average molecular weight is 374 g/mol. The van der Waals surface area contributed by atoms with Crippen LogP contribution in [-0.2, 0) is 9.63 Å². The van der Waals surface area contributed by atoms with Crippen LogP contribution >= 0.6 is 23.2 Å². The Morgan fingerprint density at radius 2 is 1.68 bits per heavy atom. The molecule has 0 bridgehead atoms. The zero-order valence-corrected chi connectivity index (χ0v) is 14.7. The molecule has 2 atom stereocenters. The molecule has 0 aromatic heterocycles. The van der Waals surface area contributed by atoms with Crippen molar-refractivity contribution in [1.82, 2.24) is 5.01 Å². The molecule has 4 rings (SSSR count). The van der Waals surface area contributed by atoms with Gasteiger partial charge in [0.05, 0.1) is 10.0 Å². The Kier molecular flexibility index (Phi) is 3.98. The maximum absolute atomic E-state index is 12.8. The second kappa shape index (κ2) is 6.17. The smallest absolute Gasteiger partial charge is 0.256 e. The number of rotatable bonds is 2. The van der Waals surface area contributed by atoms with Gasteiger partial charge in [0.15, 0.2) is 6.10 Å². The fraction of sp³-hybridized carbons (Fsp3) is 0.167. The molecule has 0 aliphatic carbocycles. The Hall–Kier alpha value is -2.37. The summed E-state index contributed by atoms with van der Waals surface area (Å²) in [4.78, 5) is 18.4. The predicted molar refractivity (Wildman–Crippen MR) is 97.1 cm³/mol. The lowest BCUT2D eigenvalue weighted by atomic mass is 9.86. The van der Waals surface area contributed by atoms with Gasteiger partial charge in [0.25, 0.3) is 5.91 Å². The van der Waals surface area contributed by atoms with Gasteiger partial charge < -0.3 is 4.84 Å². The van der Waals surface area contributed by atoms with Crippen LogP contribution in [0.25, 0.3) is 0 Å². The normalized spacial score (nSPS) is 22.2. The lowest BCUT2D eigenvalue weighted by Crippen LogP contribution is -2.48. The number of carbonyl (C=O) groups is 1. The number of halogens is 2. The van der Waals surface area contributed by atoms with E-state index in [4.69, 9.17) is 28.0 Å². The molecule has 2 aromatic carbocycles. The number of hydrazone groups is 1. The largest absolute Gasteiger partial charge is 0.384 e. The molecule has 0 saturated carbocycles. The third-order valence-corrected chi connectivity index (χ3v) is 4.89. The van der Waals surface area contributed by atoms with Crippen molar-refractivity contribution in [3.8, 4) is 0 Å². The molecule has 7 heteroatoms. The Balaban J connectivity index is 1.80.